The van der Waals surface area contributed by atoms with Crippen molar-refractivity contribution >= 4 is 11.9 Å². The molecule has 7 heteroatoms. The lowest BCUT2D eigenvalue weighted by molar-refractivity contribution is -0.122. The Morgan fingerprint density at radius 1 is 1.37 bits per heavy atom. The smallest absolute Gasteiger partial charge is 0.220 e. The van der Waals surface area contributed by atoms with E-state index >= 15 is 0 Å². The van der Waals surface area contributed by atoms with Gasteiger partial charge in [0.25, 0.3) is 0 Å². The number of rotatable bonds is 5. The number of nitrogens with one attached hydrogen (secondary N) is 3. The second-order valence-electron chi connectivity index (χ2n) is 6.85. The fourth-order valence-electron chi connectivity index (χ4n) is 3.26. The van der Waals surface area contributed by atoms with Crippen molar-refractivity contribution in [2.75, 3.05) is 13.1 Å². The number of aromatic nitrogens is 2. The van der Waals surface area contributed by atoms with Gasteiger partial charge in [0.15, 0.2) is 5.96 Å². The SMILES string of the molecule is CCNC(=NCc1ccccc1-n1nc(C)cc1C)NC1CCC(=O)NC1. The summed E-state index contributed by atoms with van der Waals surface area (Å²) in [5.74, 6) is 0.885. The Balaban J connectivity index is 1.76. The van der Waals surface area contributed by atoms with Crippen LogP contribution in [0.15, 0.2) is 35.3 Å². The highest BCUT2D eigenvalue weighted by Gasteiger charge is 2.18. The van der Waals surface area contributed by atoms with E-state index in [9.17, 15) is 4.79 Å². The molecule has 1 aliphatic heterocycles. The first-order valence-corrected chi connectivity index (χ1v) is 9.50. The predicted molar refractivity (Wildman–Crippen MR) is 107 cm³/mol. The number of carbonyl (C=O) groups is 1. The number of hydrogen-bond donors (Lipinski definition) is 3. The average Bonchev–Trinajstić information content (AvgIpc) is 3.00. The monoisotopic (exact) mass is 368 g/mol. The van der Waals surface area contributed by atoms with Gasteiger partial charge in [-0.3, -0.25) is 4.79 Å². The van der Waals surface area contributed by atoms with E-state index in [0.29, 0.717) is 19.5 Å². The molecule has 3 rings (SSSR count). The van der Waals surface area contributed by atoms with Crippen LogP contribution in [0.4, 0.5) is 0 Å². The van der Waals surface area contributed by atoms with Gasteiger partial charge in [0.05, 0.1) is 17.9 Å². The van der Waals surface area contributed by atoms with Gasteiger partial charge in [0.2, 0.25) is 5.91 Å². The number of carbonyl (C=O) groups excluding carboxylic acids is 1. The molecule has 2 heterocycles. The highest BCUT2D eigenvalue weighted by Crippen LogP contribution is 2.17. The number of guanidine groups is 1. The number of amides is 1. The lowest BCUT2D eigenvalue weighted by atomic mass is 10.1. The van der Waals surface area contributed by atoms with Crippen LogP contribution in [0.2, 0.25) is 0 Å². The summed E-state index contributed by atoms with van der Waals surface area (Å²) in [5, 5.41) is 14.2. The molecule has 1 atom stereocenters. The van der Waals surface area contributed by atoms with Crippen LogP contribution in [0.3, 0.4) is 0 Å². The van der Waals surface area contributed by atoms with Crippen LogP contribution in [-0.2, 0) is 11.3 Å². The average molecular weight is 368 g/mol. The quantitative estimate of drug-likeness (QED) is 0.555. The van der Waals surface area contributed by atoms with Crippen LogP contribution in [0.5, 0.6) is 0 Å². The van der Waals surface area contributed by atoms with Crippen LogP contribution < -0.4 is 16.0 Å². The molecule has 7 nitrogen and oxygen atoms in total. The van der Waals surface area contributed by atoms with E-state index in [2.05, 4.69) is 46.2 Å². The molecule has 1 aromatic carbocycles. The van der Waals surface area contributed by atoms with Gasteiger partial charge in [-0.05, 0) is 44.9 Å². The van der Waals surface area contributed by atoms with Gasteiger partial charge in [0, 0.05) is 31.2 Å². The molecule has 1 aromatic heterocycles. The van der Waals surface area contributed by atoms with Crippen molar-refractivity contribution in [1.82, 2.24) is 25.7 Å². The molecule has 0 bridgehead atoms. The summed E-state index contributed by atoms with van der Waals surface area (Å²) in [5.41, 5.74) is 4.26. The molecule has 1 aliphatic rings. The van der Waals surface area contributed by atoms with Crippen LogP contribution in [0.1, 0.15) is 36.7 Å². The minimum Gasteiger partial charge on any atom is -0.357 e. The lowest BCUT2D eigenvalue weighted by Gasteiger charge is -2.25. The Bertz CT molecular complexity index is 816. The largest absolute Gasteiger partial charge is 0.357 e. The molecule has 3 N–H and O–H groups in total. The molecule has 0 saturated carbocycles. The van der Waals surface area contributed by atoms with Crippen molar-refractivity contribution in [1.29, 1.82) is 0 Å². The zero-order valence-electron chi connectivity index (χ0n) is 16.2. The molecule has 0 radical (unpaired) electrons. The summed E-state index contributed by atoms with van der Waals surface area (Å²) >= 11 is 0. The number of hydrogen-bond acceptors (Lipinski definition) is 3. The fraction of sp³-hybridized carbons (Fsp3) is 0.450. The molecule has 1 unspecified atom stereocenters. The Labute approximate surface area is 160 Å². The molecule has 0 spiro atoms. The Morgan fingerprint density at radius 3 is 2.85 bits per heavy atom. The summed E-state index contributed by atoms with van der Waals surface area (Å²) in [4.78, 5) is 16.1. The molecule has 2 aromatic rings. The highest BCUT2D eigenvalue weighted by atomic mass is 16.1. The first-order chi connectivity index (χ1) is 13.1. The first kappa shape index (κ1) is 18.9. The summed E-state index contributed by atoms with van der Waals surface area (Å²) in [6, 6.07) is 10.5. The van der Waals surface area contributed by atoms with Gasteiger partial charge < -0.3 is 16.0 Å². The number of nitrogens with zero attached hydrogens (tertiary/aromatic N) is 3. The second-order valence-corrected chi connectivity index (χ2v) is 6.85. The van der Waals surface area contributed by atoms with Crippen molar-refractivity contribution < 1.29 is 4.79 Å². The van der Waals surface area contributed by atoms with Crippen molar-refractivity contribution in [2.45, 2.75) is 46.2 Å². The molecule has 27 heavy (non-hydrogen) atoms. The number of aliphatic imine (C=N–C) groups is 1. The molecule has 1 saturated heterocycles. The number of aryl methyl sites for hydroxylation is 2. The van der Waals surface area contributed by atoms with E-state index in [1.165, 1.54) is 0 Å². The number of para-hydroxylation sites is 1. The third-order valence-electron chi connectivity index (χ3n) is 4.59. The number of piperidine rings is 1. The molecular weight excluding hydrogens is 340 g/mol. The third kappa shape index (κ3) is 4.87. The zero-order chi connectivity index (χ0) is 19.2. The van der Waals surface area contributed by atoms with Crippen molar-refractivity contribution in [3.05, 3.63) is 47.3 Å². The summed E-state index contributed by atoms with van der Waals surface area (Å²) in [6.45, 7) is 8.06. The molecular formula is C20H28N6O. The van der Waals surface area contributed by atoms with Gasteiger partial charge in [0.1, 0.15) is 0 Å². The predicted octanol–water partition coefficient (Wildman–Crippen LogP) is 1.82. The zero-order valence-corrected chi connectivity index (χ0v) is 16.2. The van der Waals surface area contributed by atoms with Gasteiger partial charge in [-0.25, -0.2) is 9.67 Å². The highest BCUT2D eigenvalue weighted by molar-refractivity contribution is 5.81. The number of benzene rings is 1. The van der Waals surface area contributed by atoms with Crippen LogP contribution >= 0.6 is 0 Å². The summed E-state index contributed by atoms with van der Waals surface area (Å²) in [6.07, 6.45) is 1.37. The van der Waals surface area contributed by atoms with Crippen molar-refractivity contribution in [3.63, 3.8) is 0 Å². The van der Waals surface area contributed by atoms with E-state index in [-0.39, 0.29) is 11.9 Å². The molecule has 1 amide bonds. The van der Waals surface area contributed by atoms with E-state index < -0.39 is 0 Å². The third-order valence-corrected chi connectivity index (χ3v) is 4.59. The van der Waals surface area contributed by atoms with E-state index in [0.717, 1.165) is 41.6 Å². The van der Waals surface area contributed by atoms with Crippen LogP contribution in [0.25, 0.3) is 5.69 Å². The molecule has 0 aliphatic carbocycles. The van der Waals surface area contributed by atoms with E-state index in [4.69, 9.17) is 4.99 Å². The Morgan fingerprint density at radius 2 is 2.19 bits per heavy atom. The fourth-order valence-corrected chi connectivity index (χ4v) is 3.26. The molecule has 144 valence electrons. The normalized spacial score (nSPS) is 17.5. The topological polar surface area (TPSA) is 83.3 Å². The van der Waals surface area contributed by atoms with Crippen LogP contribution in [0, 0.1) is 13.8 Å². The maximum Gasteiger partial charge on any atom is 0.220 e. The van der Waals surface area contributed by atoms with Gasteiger partial charge in [-0.15, -0.1) is 0 Å². The van der Waals surface area contributed by atoms with E-state index in [1.807, 2.05) is 30.7 Å². The maximum atomic E-state index is 11.3. The van der Waals surface area contributed by atoms with Crippen molar-refractivity contribution in [2.24, 2.45) is 4.99 Å². The minimum atomic E-state index is 0.119. The van der Waals surface area contributed by atoms with Crippen LogP contribution in [-0.4, -0.2) is 40.8 Å². The Hall–Kier alpha value is -2.83. The minimum absolute atomic E-state index is 0.119. The maximum absolute atomic E-state index is 11.3. The summed E-state index contributed by atoms with van der Waals surface area (Å²) in [7, 11) is 0. The molecule has 1 fully saturated rings. The lowest BCUT2D eigenvalue weighted by Crippen LogP contribution is -2.51. The summed E-state index contributed by atoms with van der Waals surface area (Å²) < 4.78 is 1.97. The Kier molecular flexibility index (Phi) is 6.11. The van der Waals surface area contributed by atoms with Gasteiger partial charge in [-0.2, -0.15) is 5.10 Å². The van der Waals surface area contributed by atoms with Crippen molar-refractivity contribution in [3.8, 4) is 5.69 Å². The first-order valence-electron chi connectivity index (χ1n) is 9.50. The second kappa shape index (κ2) is 8.70. The standard InChI is InChI=1S/C20H28N6O/c1-4-21-20(24-17-9-10-19(27)22-13-17)23-12-16-7-5-6-8-18(16)26-15(3)11-14(2)25-26/h5-8,11,17H,4,9-10,12-13H2,1-3H3,(H,22,27)(H2,21,23,24). The van der Waals surface area contributed by atoms with Gasteiger partial charge in [-0.1, -0.05) is 18.2 Å². The van der Waals surface area contributed by atoms with E-state index in [1.54, 1.807) is 0 Å². The van der Waals surface area contributed by atoms with Gasteiger partial charge >= 0.3 is 0 Å².